The lowest BCUT2D eigenvalue weighted by Gasteiger charge is -2.39. The monoisotopic (exact) mass is 1690 g/mol. The number of fused-ring (bicyclic) bond motifs is 6. The van der Waals surface area contributed by atoms with E-state index in [1.165, 1.54) is 36.8 Å². The molecule has 3 saturated heterocycles. The number of nitrogens with zero attached hydrogens (tertiary/aromatic N) is 9. The lowest BCUT2D eigenvalue weighted by Crippen LogP contribution is -2.46. The molecule has 0 aliphatic carbocycles. The number of anilines is 3. The van der Waals surface area contributed by atoms with Crippen molar-refractivity contribution < 1.29 is 67.1 Å². The van der Waals surface area contributed by atoms with E-state index in [1.807, 2.05) is 42.5 Å². The molecule has 3 fully saturated rings. The SMILES string of the molecule is O=C(c1ccnc(Cl)c1)N1CC2(CCN(C/C=C/c3ccc(C(F)(F)F)c(F)c3)CC2)c2cc(Cl)ccc21.O=C(c1ccnc(Cl)c1)N1CC2(CCN(C/C=C/c3ccc(C(F)(F)F)cc3F)CC2)c2cc(Cl)ccc21.O=C(c1ccnc(Cl)c1)N1CC2(CCN(C/C=C/c3ccc(F)cc3C(F)(F)F)CC2)c2cc(Cl)ccc21. The number of hydrogen-bond acceptors (Lipinski definition) is 9. The zero-order chi connectivity index (χ0) is 81.2. The molecule has 15 rings (SSSR count). The summed E-state index contributed by atoms with van der Waals surface area (Å²) in [6.07, 6.45) is 4.99. The number of halogens is 18. The van der Waals surface area contributed by atoms with Crippen molar-refractivity contribution in [2.75, 3.05) is 93.2 Å². The lowest BCUT2D eigenvalue weighted by molar-refractivity contribution is -0.140. The van der Waals surface area contributed by atoms with Gasteiger partial charge in [-0.1, -0.05) is 124 Å². The number of hydrogen-bond donors (Lipinski definition) is 0. The first-order chi connectivity index (χ1) is 54.2. The molecule has 0 N–H and O–H groups in total. The molecule has 3 amide bonds. The number of amides is 3. The number of carbonyl (C=O) groups excluding carboxylic acids is 3. The van der Waals surface area contributed by atoms with E-state index in [9.17, 15) is 67.1 Å². The molecule has 3 aromatic heterocycles. The van der Waals surface area contributed by atoms with Gasteiger partial charge in [-0.3, -0.25) is 29.1 Å². The Morgan fingerprint density at radius 2 is 0.746 bits per heavy atom. The normalized spacial score (nSPS) is 17.4. The molecule has 0 saturated carbocycles. The molecule has 0 radical (unpaired) electrons. The first-order valence-corrected chi connectivity index (χ1v) is 38.4. The highest BCUT2D eigenvalue weighted by Gasteiger charge is 2.50. The van der Waals surface area contributed by atoms with Crippen molar-refractivity contribution in [1.82, 2.24) is 29.7 Å². The van der Waals surface area contributed by atoms with E-state index in [1.54, 1.807) is 87.5 Å². The third-order valence-electron chi connectivity index (χ3n) is 21.9. The average molecular weight is 1690 g/mol. The van der Waals surface area contributed by atoms with Crippen molar-refractivity contribution in [3.63, 3.8) is 0 Å². The Labute approximate surface area is 678 Å². The van der Waals surface area contributed by atoms with Gasteiger partial charge in [0.1, 0.15) is 32.9 Å². The molecule has 30 heteroatoms. The molecule has 12 nitrogen and oxygen atoms in total. The largest absolute Gasteiger partial charge is 0.419 e. The quantitative estimate of drug-likeness (QED) is 0.0872. The van der Waals surface area contributed by atoms with Gasteiger partial charge >= 0.3 is 18.5 Å². The van der Waals surface area contributed by atoms with Gasteiger partial charge in [0.05, 0.1) is 16.7 Å². The van der Waals surface area contributed by atoms with Crippen molar-refractivity contribution >= 4 is 123 Å². The average Bonchev–Trinajstić information content (AvgIpc) is 1.59. The summed E-state index contributed by atoms with van der Waals surface area (Å²) in [5.74, 6) is -3.59. The summed E-state index contributed by atoms with van der Waals surface area (Å²) in [6, 6.07) is 34.4. The molecule has 6 aromatic carbocycles. The zero-order valence-corrected chi connectivity index (χ0v) is 64.9. The molecule has 0 unspecified atom stereocenters. The first-order valence-electron chi connectivity index (χ1n) is 36.1. The van der Waals surface area contributed by atoms with Crippen LogP contribution in [0.5, 0.6) is 0 Å². The van der Waals surface area contributed by atoms with Crippen molar-refractivity contribution in [3.8, 4) is 0 Å². The lowest BCUT2D eigenvalue weighted by atomic mass is 9.74. The summed E-state index contributed by atoms with van der Waals surface area (Å²) >= 11 is 37.1. The second kappa shape index (κ2) is 34.2. The predicted molar refractivity (Wildman–Crippen MR) is 420 cm³/mol. The Hall–Kier alpha value is -8.82. The molecule has 6 aliphatic rings. The highest BCUT2D eigenvalue weighted by atomic mass is 35.5. The topological polar surface area (TPSA) is 109 Å². The highest BCUT2D eigenvalue weighted by molar-refractivity contribution is 6.32. The number of aromatic nitrogens is 3. The molecule has 114 heavy (non-hydrogen) atoms. The Morgan fingerprint density at radius 1 is 0.377 bits per heavy atom. The van der Waals surface area contributed by atoms with Crippen LogP contribution in [0.2, 0.25) is 30.5 Å². The second-order valence-corrected chi connectivity index (χ2v) is 31.4. The molecule has 594 valence electrons. The van der Waals surface area contributed by atoms with Crippen LogP contribution in [0.4, 0.5) is 69.7 Å². The molecule has 9 heterocycles. The molecule has 0 atom stereocenters. The molecular weight excluding hydrogens is 1620 g/mol. The van der Waals surface area contributed by atoms with Crippen molar-refractivity contribution in [2.24, 2.45) is 0 Å². The predicted octanol–water partition coefficient (Wildman–Crippen LogP) is 21.8. The molecule has 0 bridgehead atoms. The molecular formula is C84H69Cl6F12N9O3. The Balaban J connectivity index is 0.000000149. The summed E-state index contributed by atoms with van der Waals surface area (Å²) in [5, 5.41) is 2.55. The van der Waals surface area contributed by atoms with E-state index >= 15 is 0 Å². The number of likely N-dealkylation sites (tertiary alicyclic amines) is 3. The number of alkyl halides is 9. The van der Waals surface area contributed by atoms with Crippen molar-refractivity contribution in [2.45, 2.75) is 73.3 Å². The van der Waals surface area contributed by atoms with Gasteiger partial charge < -0.3 is 14.7 Å². The minimum Gasteiger partial charge on any atom is -0.307 e. The minimum absolute atomic E-state index is 0.0721. The third kappa shape index (κ3) is 18.7. The van der Waals surface area contributed by atoms with Crippen molar-refractivity contribution in [1.29, 1.82) is 0 Å². The fourth-order valence-corrected chi connectivity index (χ4v) is 17.0. The maximum absolute atomic E-state index is 14.1. The van der Waals surface area contributed by atoms with E-state index in [4.69, 9.17) is 69.6 Å². The zero-order valence-electron chi connectivity index (χ0n) is 60.3. The van der Waals surface area contributed by atoms with E-state index in [2.05, 4.69) is 29.7 Å². The molecule has 6 aliphatic heterocycles. The highest BCUT2D eigenvalue weighted by Crippen LogP contribution is 2.52. The fraction of sp³-hybridized carbons (Fsp3) is 0.286. The van der Waals surface area contributed by atoms with E-state index < -0.39 is 52.7 Å². The van der Waals surface area contributed by atoms with Crippen LogP contribution in [0, 0.1) is 17.5 Å². The maximum atomic E-state index is 14.1. The number of piperidine rings is 3. The number of carbonyl (C=O) groups is 3. The number of rotatable bonds is 12. The fourth-order valence-electron chi connectivity index (χ4n) is 15.9. The van der Waals surface area contributed by atoms with Crippen LogP contribution in [-0.4, -0.2) is 126 Å². The van der Waals surface area contributed by atoms with E-state index in [-0.39, 0.29) is 60.6 Å². The van der Waals surface area contributed by atoms with Gasteiger partial charge in [0.25, 0.3) is 17.7 Å². The van der Waals surface area contributed by atoms with Crippen LogP contribution < -0.4 is 14.7 Å². The summed E-state index contributed by atoms with van der Waals surface area (Å²) in [6.45, 7) is 7.42. The summed E-state index contributed by atoms with van der Waals surface area (Å²) in [4.78, 5) is 64.0. The van der Waals surface area contributed by atoms with E-state index in [0.717, 1.165) is 135 Å². The number of benzene rings is 6. The van der Waals surface area contributed by atoms with Gasteiger partial charge in [-0.25, -0.2) is 28.1 Å². The summed E-state index contributed by atoms with van der Waals surface area (Å²) in [5.41, 5.74) is 3.31. The first kappa shape index (κ1) is 83.1. The maximum Gasteiger partial charge on any atom is 0.419 e. The summed E-state index contributed by atoms with van der Waals surface area (Å²) < 4.78 is 158. The Morgan fingerprint density at radius 3 is 1.10 bits per heavy atom. The molecule has 9 aromatic rings. The standard InChI is InChI=1S/3C28H23Cl2F4N3O/c29-20-4-6-24-23(15-20)27(17-37(24)26(38)19-7-10-35-25(30)14-19)8-12-36(13-9-27)11-1-2-18-3-5-21(31)16-22(18)28(32,33)34;29-20-4-6-24-22(16-20)27(17-37(24)26(38)19-7-10-35-25(30)15-19)8-12-36(13-9-27)11-1-2-18-3-5-21(23(31)14-18)28(32,33)34;29-21-5-6-24-22(16-21)27(17-37(24)26(38)19-7-10-35-25(30)14-19)8-12-36(13-9-27)11-1-2-18-3-4-20(15-23(18)31)28(32,33)34/h3*1-7,10,14-16H,8-9,11-13,17H2/b3*2-1+. The van der Waals surface area contributed by atoms with Gasteiger partial charge in [0.2, 0.25) is 0 Å². The van der Waals surface area contributed by atoms with Crippen LogP contribution in [-0.2, 0) is 34.8 Å². The van der Waals surface area contributed by atoms with Gasteiger partial charge in [0, 0.05) is 128 Å². The second-order valence-electron chi connectivity index (χ2n) is 28.9. The van der Waals surface area contributed by atoms with Gasteiger partial charge in [0.15, 0.2) is 0 Å². The van der Waals surface area contributed by atoms with Crippen LogP contribution >= 0.6 is 69.6 Å². The third-order valence-corrected chi connectivity index (χ3v) is 23.2. The Bertz CT molecular complexity index is 5210. The smallest absolute Gasteiger partial charge is 0.307 e. The van der Waals surface area contributed by atoms with Crippen LogP contribution in [0.3, 0.4) is 0 Å². The van der Waals surface area contributed by atoms with Crippen LogP contribution in [0.15, 0.2) is 182 Å². The van der Waals surface area contributed by atoms with Gasteiger partial charge in [-0.2, -0.15) is 39.5 Å². The van der Waals surface area contributed by atoms with Gasteiger partial charge in [-0.05, 0) is 233 Å². The molecule has 3 spiro atoms. The Kier molecular flexibility index (Phi) is 24.9. The van der Waals surface area contributed by atoms with Gasteiger partial charge in [-0.15, -0.1) is 0 Å². The minimum atomic E-state index is -4.72. The summed E-state index contributed by atoms with van der Waals surface area (Å²) in [7, 11) is 0. The van der Waals surface area contributed by atoms with Crippen molar-refractivity contribution in [3.05, 3.63) is 297 Å². The van der Waals surface area contributed by atoms with E-state index in [0.29, 0.717) is 102 Å². The van der Waals surface area contributed by atoms with Crippen LogP contribution in [0.1, 0.15) is 120 Å². The van der Waals surface area contributed by atoms with Crippen LogP contribution in [0.25, 0.3) is 18.2 Å². The number of pyridine rings is 3.